The number of benzene rings is 1. The Bertz CT molecular complexity index is 661. The first-order valence-corrected chi connectivity index (χ1v) is 6.54. The molecule has 0 aliphatic heterocycles. The van der Waals surface area contributed by atoms with Gasteiger partial charge in [0.25, 0.3) is 0 Å². The Labute approximate surface area is 114 Å². The largest absolute Gasteiger partial charge is 0.378 e. The van der Waals surface area contributed by atoms with E-state index in [9.17, 15) is 0 Å². The van der Waals surface area contributed by atoms with Crippen LogP contribution < -0.4 is 5.32 Å². The molecule has 1 N–H and O–H groups in total. The van der Waals surface area contributed by atoms with E-state index in [0.717, 1.165) is 21.6 Å². The Hall–Kier alpha value is -1.81. The third-order valence-corrected chi connectivity index (χ3v) is 3.38. The van der Waals surface area contributed by atoms with Crippen molar-refractivity contribution in [3.63, 3.8) is 0 Å². The summed E-state index contributed by atoms with van der Waals surface area (Å²) in [4.78, 5) is 4.52. The smallest absolute Gasteiger partial charge is 0.134 e. The summed E-state index contributed by atoms with van der Waals surface area (Å²) in [7, 11) is 0. The van der Waals surface area contributed by atoms with Crippen LogP contribution in [0.4, 0.5) is 5.69 Å². The van der Waals surface area contributed by atoms with Crippen LogP contribution in [0.3, 0.4) is 0 Å². The minimum atomic E-state index is 0.695. The molecule has 0 atom stereocenters. The van der Waals surface area contributed by atoms with Crippen molar-refractivity contribution >= 4 is 27.1 Å². The quantitative estimate of drug-likeness (QED) is 0.799. The Morgan fingerprint density at radius 3 is 2.67 bits per heavy atom. The average molecular weight is 302 g/mol. The molecule has 0 saturated heterocycles. The summed E-state index contributed by atoms with van der Waals surface area (Å²) in [5.41, 5.74) is 2.18. The van der Waals surface area contributed by atoms with Crippen LogP contribution in [0.5, 0.6) is 0 Å². The fourth-order valence-electron chi connectivity index (χ4n) is 1.92. The topological polar surface area (TPSA) is 29.3 Å². The molecule has 4 heteroatoms. The Morgan fingerprint density at radius 1 is 1.06 bits per heavy atom. The van der Waals surface area contributed by atoms with Gasteiger partial charge in [-0.05, 0) is 40.2 Å². The van der Waals surface area contributed by atoms with E-state index in [4.69, 9.17) is 0 Å². The molecule has 90 valence electrons. The number of nitrogens with zero attached hydrogens (tertiary/aromatic N) is 2. The van der Waals surface area contributed by atoms with Crippen LogP contribution in [-0.2, 0) is 6.54 Å². The third kappa shape index (κ3) is 2.11. The van der Waals surface area contributed by atoms with Crippen molar-refractivity contribution in [1.82, 2.24) is 9.38 Å². The monoisotopic (exact) mass is 301 g/mol. The maximum Gasteiger partial charge on any atom is 0.134 e. The lowest BCUT2D eigenvalue weighted by Crippen LogP contribution is -2.03. The normalized spacial score (nSPS) is 10.7. The Kier molecular flexibility index (Phi) is 3.02. The molecule has 0 aliphatic carbocycles. The number of pyridine rings is 1. The van der Waals surface area contributed by atoms with E-state index in [0.29, 0.717) is 6.54 Å². The van der Waals surface area contributed by atoms with Gasteiger partial charge in [-0.1, -0.05) is 24.3 Å². The second-order valence-corrected chi connectivity index (χ2v) is 4.75. The van der Waals surface area contributed by atoms with Gasteiger partial charge in [0.1, 0.15) is 10.4 Å². The number of fused-ring (bicyclic) bond motifs is 1. The third-order valence-electron chi connectivity index (χ3n) is 2.80. The lowest BCUT2D eigenvalue weighted by molar-refractivity contribution is 0.940. The van der Waals surface area contributed by atoms with Gasteiger partial charge in [0, 0.05) is 11.9 Å². The molecule has 0 spiro atoms. The number of imidazole rings is 1. The summed E-state index contributed by atoms with van der Waals surface area (Å²) < 4.78 is 2.97. The summed E-state index contributed by atoms with van der Waals surface area (Å²) in [5.74, 6) is 0.987. The fourth-order valence-corrected chi connectivity index (χ4v) is 2.45. The van der Waals surface area contributed by atoms with E-state index in [1.54, 1.807) is 0 Å². The van der Waals surface area contributed by atoms with Crippen molar-refractivity contribution < 1.29 is 0 Å². The van der Waals surface area contributed by atoms with Gasteiger partial charge in [-0.2, -0.15) is 0 Å². The zero-order valence-corrected chi connectivity index (χ0v) is 11.3. The van der Waals surface area contributed by atoms with Crippen LogP contribution >= 0.6 is 15.9 Å². The zero-order chi connectivity index (χ0) is 12.4. The van der Waals surface area contributed by atoms with Gasteiger partial charge >= 0.3 is 0 Å². The summed E-state index contributed by atoms with van der Waals surface area (Å²) in [6, 6.07) is 16.2. The van der Waals surface area contributed by atoms with Crippen LogP contribution in [0.15, 0.2) is 59.3 Å². The highest BCUT2D eigenvalue weighted by Gasteiger charge is 2.07. The summed E-state index contributed by atoms with van der Waals surface area (Å²) in [5, 5.41) is 3.36. The number of hydrogen-bond acceptors (Lipinski definition) is 2. The van der Waals surface area contributed by atoms with E-state index >= 15 is 0 Å². The molecule has 1 aromatic carbocycles. The molecule has 0 amide bonds. The molecule has 0 unspecified atom stereocenters. The van der Waals surface area contributed by atoms with Gasteiger partial charge in [0.15, 0.2) is 0 Å². The minimum Gasteiger partial charge on any atom is -0.378 e. The van der Waals surface area contributed by atoms with Crippen molar-refractivity contribution in [2.75, 3.05) is 5.32 Å². The molecule has 0 bridgehead atoms. The van der Waals surface area contributed by atoms with Gasteiger partial charge in [0.05, 0.1) is 12.1 Å². The van der Waals surface area contributed by atoms with Gasteiger partial charge in [0.2, 0.25) is 0 Å². The van der Waals surface area contributed by atoms with Gasteiger partial charge in [-0.3, -0.25) is 0 Å². The van der Waals surface area contributed by atoms with Crippen molar-refractivity contribution in [3.8, 4) is 0 Å². The molecule has 2 heterocycles. The standard InChI is InChI=1S/C14H12BrN3/c15-14-12-8-4-5-9-18(12)13(17-14)10-16-11-6-2-1-3-7-11/h1-9,16H,10H2. The molecule has 18 heavy (non-hydrogen) atoms. The SMILES string of the molecule is Brc1nc(CNc2ccccc2)n2ccccc12. The van der Waals surface area contributed by atoms with E-state index < -0.39 is 0 Å². The number of halogens is 1. The number of para-hydroxylation sites is 1. The average Bonchev–Trinajstić information content (AvgIpc) is 2.75. The fraction of sp³-hybridized carbons (Fsp3) is 0.0714. The Morgan fingerprint density at radius 2 is 1.83 bits per heavy atom. The van der Waals surface area contributed by atoms with Gasteiger partial charge in [-0.15, -0.1) is 0 Å². The first-order valence-electron chi connectivity index (χ1n) is 5.75. The van der Waals surface area contributed by atoms with Crippen molar-refractivity contribution in [2.45, 2.75) is 6.54 Å². The predicted octanol–water partition coefficient (Wildman–Crippen LogP) is 3.71. The van der Waals surface area contributed by atoms with Crippen LogP contribution in [0.2, 0.25) is 0 Å². The van der Waals surface area contributed by atoms with Gasteiger partial charge < -0.3 is 9.72 Å². The molecule has 3 rings (SSSR count). The second-order valence-electron chi connectivity index (χ2n) is 3.99. The predicted molar refractivity (Wildman–Crippen MR) is 76.7 cm³/mol. The number of rotatable bonds is 3. The molecule has 0 fully saturated rings. The van der Waals surface area contributed by atoms with E-state index in [-0.39, 0.29) is 0 Å². The van der Waals surface area contributed by atoms with Crippen molar-refractivity contribution in [2.24, 2.45) is 0 Å². The highest BCUT2D eigenvalue weighted by molar-refractivity contribution is 9.10. The molecule has 2 aromatic heterocycles. The van der Waals surface area contributed by atoms with Crippen molar-refractivity contribution in [3.05, 3.63) is 65.2 Å². The molecular weight excluding hydrogens is 290 g/mol. The molecular formula is C14H12BrN3. The van der Waals surface area contributed by atoms with Gasteiger partial charge in [-0.25, -0.2) is 4.98 Å². The number of aromatic nitrogens is 2. The summed E-state index contributed by atoms with van der Waals surface area (Å²) >= 11 is 3.48. The van der Waals surface area contributed by atoms with Crippen LogP contribution in [-0.4, -0.2) is 9.38 Å². The maximum atomic E-state index is 4.52. The van der Waals surface area contributed by atoms with Crippen LogP contribution in [0.1, 0.15) is 5.82 Å². The Balaban J connectivity index is 1.87. The van der Waals surface area contributed by atoms with E-state index in [1.165, 1.54) is 0 Å². The van der Waals surface area contributed by atoms with Crippen molar-refractivity contribution in [1.29, 1.82) is 0 Å². The molecule has 0 radical (unpaired) electrons. The number of anilines is 1. The van der Waals surface area contributed by atoms with E-state index in [1.807, 2.05) is 54.7 Å². The highest BCUT2D eigenvalue weighted by atomic mass is 79.9. The molecule has 0 saturated carbocycles. The number of hydrogen-bond donors (Lipinski definition) is 1. The van der Waals surface area contributed by atoms with Crippen LogP contribution in [0, 0.1) is 0 Å². The van der Waals surface area contributed by atoms with E-state index in [2.05, 4.69) is 30.6 Å². The second kappa shape index (κ2) is 4.82. The highest BCUT2D eigenvalue weighted by Crippen LogP contribution is 2.19. The molecule has 3 aromatic rings. The molecule has 3 nitrogen and oxygen atoms in total. The minimum absolute atomic E-state index is 0.695. The van der Waals surface area contributed by atoms with Crippen LogP contribution in [0.25, 0.3) is 5.52 Å². The number of nitrogens with one attached hydrogen (secondary N) is 1. The maximum absolute atomic E-state index is 4.52. The summed E-state index contributed by atoms with van der Waals surface area (Å²) in [6.45, 7) is 0.695. The molecule has 0 aliphatic rings. The lowest BCUT2D eigenvalue weighted by atomic mass is 10.3. The zero-order valence-electron chi connectivity index (χ0n) is 9.68. The summed E-state index contributed by atoms with van der Waals surface area (Å²) in [6.07, 6.45) is 2.02. The first kappa shape index (κ1) is 11.3. The first-order chi connectivity index (χ1) is 8.84. The lowest BCUT2D eigenvalue weighted by Gasteiger charge is -2.05.